The Bertz CT molecular complexity index is 1210. The van der Waals surface area contributed by atoms with Gasteiger partial charge in [0.1, 0.15) is 12.3 Å². The van der Waals surface area contributed by atoms with Crippen molar-refractivity contribution in [2.45, 2.75) is 13.8 Å². The van der Waals surface area contributed by atoms with Gasteiger partial charge >= 0.3 is 0 Å². The lowest BCUT2D eigenvalue weighted by atomic mass is 10.1. The summed E-state index contributed by atoms with van der Waals surface area (Å²) in [5.74, 6) is -0.944. The van der Waals surface area contributed by atoms with E-state index < -0.39 is 5.91 Å². The summed E-state index contributed by atoms with van der Waals surface area (Å²) < 4.78 is 5.57. The van der Waals surface area contributed by atoms with Crippen LogP contribution < -0.4 is 25.2 Å². The first-order chi connectivity index (χ1) is 17.2. The Morgan fingerprint density at radius 1 is 0.778 bits per heavy atom. The maximum atomic E-state index is 13.6. The Labute approximate surface area is 211 Å². The van der Waals surface area contributed by atoms with Gasteiger partial charge in [0.2, 0.25) is 11.8 Å². The van der Waals surface area contributed by atoms with Crippen molar-refractivity contribution in [2.75, 3.05) is 48.5 Å². The first-order valence-corrected chi connectivity index (χ1v) is 11.6. The molecule has 0 saturated carbocycles. The van der Waals surface area contributed by atoms with Gasteiger partial charge in [-0.2, -0.15) is 0 Å². The molecule has 0 aliphatic heterocycles. The van der Waals surface area contributed by atoms with Gasteiger partial charge in [-0.1, -0.05) is 36.4 Å². The first-order valence-electron chi connectivity index (χ1n) is 11.6. The first kappa shape index (κ1) is 26.3. The van der Waals surface area contributed by atoms with Crippen LogP contribution in [0.4, 0.5) is 17.1 Å². The van der Waals surface area contributed by atoms with Crippen LogP contribution in [-0.4, -0.2) is 51.5 Å². The highest BCUT2D eigenvalue weighted by Gasteiger charge is 2.25. The molecule has 8 heteroatoms. The van der Waals surface area contributed by atoms with E-state index in [-0.39, 0.29) is 37.3 Å². The Balaban J connectivity index is 1.91. The molecule has 8 nitrogen and oxygen atoms in total. The molecule has 0 aliphatic carbocycles. The summed E-state index contributed by atoms with van der Waals surface area (Å²) in [4.78, 5) is 43.0. The lowest BCUT2D eigenvalue weighted by Crippen LogP contribution is -2.45. The number of para-hydroxylation sites is 3. The third-order valence-corrected chi connectivity index (χ3v) is 5.66. The molecule has 3 aromatic rings. The molecule has 0 fully saturated rings. The molecule has 3 aromatic carbocycles. The minimum Gasteiger partial charge on any atom is -0.482 e. The van der Waals surface area contributed by atoms with Crippen molar-refractivity contribution in [1.82, 2.24) is 0 Å². The van der Waals surface area contributed by atoms with E-state index in [0.29, 0.717) is 11.4 Å². The number of ether oxygens (including phenoxy) is 1. The largest absolute Gasteiger partial charge is 0.482 e. The highest BCUT2D eigenvalue weighted by Crippen LogP contribution is 2.29. The number of aryl methyl sites for hydroxylation is 2. The number of anilines is 3. The molecule has 0 aromatic heterocycles. The van der Waals surface area contributed by atoms with Gasteiger partial charge in [0, 0.05) is 25.5 Å². The van der Waals surface area contributed by atoms with Gasteiger partial charge in [0.15, 0.2) is 6.61 Å². The highest BCUT2D eigenvalue weighted by molar-refractivity contribution is 6.05. The van der Waals surface area contributed by atoms with E-state index in [2.05, 4.69) is 6.07 Å². The van der Waals surface area contributed by atoms with E-state index in [1.807, 2.05) is 68.3 Å². The molecule has 0 radical (unpaired) electrons. The fraction of sp³-hybridized carbons (Fsp3) is 0.250. The van der Waals surface area contributed by atoms with Crippen LogP contribution in [0.3, 0.4) is 0 Å². The summed E-state index contributed by atoms with van der Waals surface area (Å²) in [5.41, 5.74) is 9.42. The number of hydrogen-bond acceptors (Lipinski definition) is 5. The van der Waals surface area contributed by atoms with Gasteiger partial charge < -0.3 is 20.3 Å². The average molecular weight is 489 g/mol. The fourth-order valence-electron chi connectivity index (χ4n) is 3.85. The van der Waals surface area contributed by atoms with E-state index >= 15 is 0 Å². The lowest BCUT2D eigenvalue weighted by molar-refractivity contribution is -0.121. The minimum absolute atomic E-state index is 0.0232. The maximum Gasteiger partial charge on any atom is 0.255 e. The van der Waals surface area contributed by atoms with Crippen molar-refractivity contribution in [3.05, 3.63) is 83.9 Å². The van der Waals surface area contributed by atoms with Crippen molar-refractivity contribution in [2.24, 2.45) is 5.73 Å². The van der Waals surface area contributed by atoms with Gasteiger partial charge in [0.05, 0.1) is 12.2 Å². The third kappa shape index (κ3) is 6.85. The number of carbonyl (C=O) groups is 3. The Morgan fingerprint density at radius 3 is 2.03 bits per heavy atom. The molecule has 0 saturated heterocycles. The van der Waals surface area contributed by atoms with Gasteiger partial charge in [-0.25, -0.2) is 0 Å². The maximum absolute atomic E-state index is 13.6. The van der Waals surface area contributed by atoms with Crippen molar-refractivity contribution in [1.29, 1.82) is 0 Å². The number of rotatable bonds is 10. The lowest BCUT2D eigenvalue weighted by Gasteiger charge is -2.29. The molecule has 0 heterocycles. The second-order valence-electron chi connectivity index (χ2n) is 8.69. The zero-order valence-electron chi connectivity index (χ0n) is 21.1. The molecule has 188 valence electrons. The topological polar surface area (TPSA) is 96.2 Å². The van der Waals surface area contributed by atoms with E-state index in [1.165, 1.54) is 9.80 Å². The number of likely N-dealkylation sites (N-methyl/N-ethyl adjacent to an activating group) is 2. The van der Waals surface area contributed by atoms with Crippen LogP contribution in [0, 0.1) is 13.8 Å². The molecule has 0 bridgehead atoms. The number of hydrogen-bond donors (Lipinski definition) is 1. The van der Waals surface area contributed by atoms with Gasteiger partial charge in [-0.15, -0.1) is 0 Å². The van der Waals surface area contributed by atoms with E-state index in [9.17, 15) is 14.4 Å². The monoisotopic (exact) mass is 488 g/mol. The van der Waals surface area contributed by atoms with E-state index in [1.54, 1.807) is 31.3 Å². The molecular weight excluding hydrogens is 456 g/mol. The summed E-state index contributed by atoms with van der Waals surface area (Å²) in [6, 6.07) is 22.0. The number of benzene rings is 3. The molecule has 36 heavy (non-hydrogen) atoms. The number of carbonyl (C=O) groups excluding carboxylic acids is 3. The Kier molecular flexibility index (Phi) is 8.67. The van der Waals surface area contributed by atoms with Crippen molar-refractivity contribution in [3.63, 3.8) is 0 Å². The molecule has 0 aliphatic rings. The normalized spacial score (nSPS) is 10.4. The summed E-state index contributed by atoms with van der Waals surface area (Å²) in [6.07, 6.45) is 0. The van der Waals surface area contributed by atoms with Crippen LogP contribution in [0.1, 0.15) is 11.1 Å². The molecule has 0 atom stereocenters. The van der Waals surface area contributed by atoms with Gasteiger partial charge in [-0.3, -0.25) is 19.3 Å². The van der Waals surface area contributed by atoms with Crippen molar-refractivity contribution < 1.29 is 19.1 Å². The number of nitrogens with two attached hydrogens (primary N) is 1. The van der Waals surface area contributed by atoms with Gasteiger partial charge in [0.25, 0.3) is 5.91 Å². The number of nitrogens with zero attached hydrogens (tertiary/aromatic N) is 3. The van der Waals surface area contributed by atoms with Gasteiger partial charge in [-0.05, 0) is 61.4 Å². The predicted octanol–water partition coefficient (Wildman–Crippen LogP) is 3.30. The predicted molar refractivity (Wildman–Crippen MR) is 143 cm³/mol. The Morgan fingerprint density at radius 2 is 1.39 bits per heavy atom. The molecule has 0 unspecified atom stereocenters. The number of amides is 3. The fourth-order valence-corrected chi connectivity index (χ4v) is 3.85. The van der Waals surface area contributed by atoms with Crippen molar-refractivity contribution in [3.8, 4) is 5.75 Å². The Hall–Kier alpha value is -4.33. The van der Waals surface area contributed by atoms with E-state index in [4.69, 9.17) is 10.5 Å². The van der Waals surface area contributed by atoms with Crippen LogP contribution in [0.2, 0.25) is 0 Å². The summed E-state index contributed by atoms with van der Waals surface area (Å²) >= 11 is 0. The standard InChI is InChI=1S/C28H32N4O4/c1-20-14-21(2)16-23(15-20)30(3)17-28(35)32(18-27(34)31(4)22-10-6-5-7-11-22)24-12-8-9-13-25(24)36-19-26(29)33/h5-16H,17-19H2,1-4H3,(H2,29,33). The summed E-state index contributed by atoms with van der Waals surface area (Å²) in [6.45, 7) is 3.46. The second-order valence-corrected chi connectivity index (χ2v) is 8.69. The zero-order chi connectivity index (χ0) is 26.2. The van der Waals surface area contributed by atoms with Crippen LogP contribution in [0.5, 0.6) is 5.75 Å². The smallest absolute Gasteiger partial charge is 0.255 e. The highest BCUT2D eigenvalue weighted by atomic mass is 16.5. The summed E-state index contributed by atoms with van der Waals surface area (Å²) in [7, 11) is 3.50. The average Bonchev–Trinajstić information content (AvgIpc) is 2.85. The van der Waals surface area contributed by atoms with E-state index in [0.717, 1.165) is 16.8 Å². The van der Waals surface area contributed by atoms with Crippen LogP contribution >= 0.6 is 0 Å². The minimum atomic E-state index is -0.642. The molecule has 2 N–H and O–H groups in total. The summed E-state index contributed by atoms with van der Waals surface area (Å²) in [5, 5.41) is 0. The molecular formula is C28H32N4O4. The zero-order valence-corrected chi connectivity index (χ0v) is 21.1. The second kappa shape index (κ2) is 11.9. The van der Waals surface area contributed by atoms with Crippen LogP contribution in [-0.2, 0) is 14.4 Å². The third-order valence-electron chi connectivity index (χ3n) is 5.66. The molecule has 0 spiro atoms. The molecule has 3 rings (SSSR count). The van der Waals surface area contributed by atoms with Crippen LogP contribution in [0.15, 0.2) is 72.8 Å². The molecule has 3 amide bonds. The SMILES string of the molecule is Cc1cc(C)cc(N(C)CC(=O)N(CC(=O)N(C)c2ccccc2)c2ccccc2OCC(N)=O)c1. The van der Waals surface area contributed by atoms with Crippen LogP contribution in [0.25, 0.3) is 0 Å². The van der Waals surface area contributed by atoms with Crippen molar-refractivity contribution >= 4 is 34.8 Å². The quantitative estimate of drug-likeness (QED) is 0.472. The number of primary amides is 1.